The van der Waals surface area contributed by atoms with E-state index in [1.807, 2.05) is 32.0 Å². The van der Waals surface area contributed by atoms with Gasteiger partial charge in [-0.05, 0) is 31.5 Å². The number of amides is 1. The topological polar surface area (TPSA) is 109 Å². The van der Waals surface area contributed by atoms with Gasteiger partial charge in [0.1, 0.15) is 23.9 Å². The molecular formula is C24H26ClN5O5. The number of halogens is 1. The van der Waals surface area contributed by atoms with E-state index < -0.39 is 6.04 Å². The summed E-state index contributed by atoms with van der Waals surface area (Å²) in [4.78, 5) is 18.0. The van der Waals surface area contributed by atoms with Gasteiger partial charge < -0.3 is 29.6 Å². The van der Waals surface area contributed by atoms with Crippen LogP contribution in [0.5, 0.6) is 23.0 Å². The lowest BCUT2D eigenvalue weighted by molar-refractivity contribution is -0.113. The number of hydrogen-bond acceptors (Lipinski definition) is 8. The molecule has 11 heteroatoms. The Bertz CT molecular complexity index is 1290. The molecule has 1 aliphatic rings. The van der Waals surface area contributed by atoms with Crippen LogP contribution in [0.15, 0.2) is 47.9 Å². The van der Waals surface area contributed by atoms with Crippen LogP contribution in [0.25, 0.3) is 0 Å². The number of carbonyl (C=O) groups is 1. The summed E-state index contributed by atoms with van der Waals surface area (Å²) in [6.07, 6.45) is 1.43. The molecule has 10 nitrogen and oxygen atoms in total. The van der Waals surface area contributed by atoms with Gasteiger partial charge >= 0.3 is 0 Å². The minimum absolute atomic E-state index is 0.364. The number of carbonyl (C=O) groups excluding carboxylic acids is 1. The summed E-state index contributed by atoms with van der Waals surface area (Å²) in [5, 5.41) is 10.8. The van der Waals surface area contributed by atoms with Gasteiger partial charge in [0.25, 0.3) is 5.91 Å². The predicted molar refractivity (Wildman–Crippen MR) is 132 cm³/mol. The molecule has 0 saturated carbocycles. The van der Waals surface area contributed by atoms with E-state index in [4.69, 9.17) is 30.5 Å². The summed E-state index contributed by atoms with van der Waals surface area (Å²) >= 11 is 6.22. The highest BCUT2D eigenvalue weighted by Crippen LogP contribution is 2.40. The van der Waals surface area contributed by atoms with Gasteiger partial charge in [0, 0.05) is 17.8 Å². The molecule has 0 spiro atoms. The van der Waals surface area contributed by atoms with E-state index in [2.05, 4.69) is 20.7 Å². The highest BCUT2D eigenvalue weighted by molar-refractivity contribution is 6.32. The average molecular weight is 500 g/mol. The fourth-order valence-corrected chi connectivity index (χ4v) is 4.20. The monoisotopic (exact) mass is 499 g/mol. The number of nitrogens with one attached hydrogen (secondary N) is 2. The summed E-state index contributed by atoms with van der Waals surface area (Å²) in [6.45, 7) is 4.21. The van der Waals surface area contributed by atoms with Crippen LogP contribution in [0, 0.1) is 0 Å². The van der Waals surface area contributed by atoms with E-state index in [9.17, 15) is 4.79 Å². The Kier molecular flexibility index (Phi) is 7.02. The van der Waals surface area contributed by atoms with Gasteiger partial charge in [-0.15, -0.1) is 0 Å². The van der Waals surface area contributed by atoms with Crippen molar-refractivity contribution in [2.45, 2.75) is 19.9 Å². The summed E-state index contributed by atoms with van der Waals surface area (Å²) < 4.78 is 23.6. The number of rotatable bonds is 8. The third-order valence-corrected chi connectivity index (χ3v) is 5.86. The largest absolute Gasteiger partial charge is 0.495 e. The maximum atomic E-state index is 13.7. The van der Waals surface area contributed by atoms with E-state index in [-0.39, 0.29) is 5.91 Å². The van der Waals surface area contributed by atoms with Gasteiger partial charge in [-0.3, -0.25) is 4.79 Å². The first kappa shape index (κ1) is 24.2. The first-order valence-electron chi connectivity index (χ1n) is 10.8. The quantitative estimate of drug-likeness (QED) is 0.472. The first-order valence-corrected chi connectivity index (χ1v) is 11.2. The van der Waals surface area contributed by atoms with Gasteiger partial charge in [0.2, 0.25) is 5.95 Å². The van der Waals surface area contributed by atoms with Crippen molar-refractivity contribution < 1.29 is 23.7 Å². The molecule has 3 aromatic rings. The molecule has 0 fully saturated rings. The molecule has 35 heavy (non-hydrogen) atoms. The lowest BCUT2D eigenvalue weighted by Gasteiger charge is -2.29. The molecule has 1 aromatic heterocycles. The number of allylic oxidation sites excluding steroid dienone is 1. The Hall–Kier alpha value is -3.92. The van der Waals surface area contributed by atoms with Gasteiger partial charge in [-0.2, -0.15) is 10.1 Å². The van der Waals surface area contributed by atoms with E-state index >= 15 is 0 Å². The molecule has 0 radical (unpaired) electrons. The highest BCUT2D eigenvalue weighted by atomic mass is 35.5. The Morgan fingerprint density at radius 2 is 1.83 bits per heavy atom. The van der Waals surface area contributed by atoms with Gasteiger partial charge in [-0.25, -0.2) is 4.68 Å². The Morgan fingerprint density at radius 1 is 1.09 bits per heavy atom. The second kappa shape index (κ2) is 10.1. The number of anilines is 2. The van der Waals surface area contributed by atoms with Crippen LogP contribution in [0.4, 0.5) is 11.6 Å². The maximum Gasteiger partial charge on any atom is 0.255 e. The lowest BCUT2D eigenvalue weighted by Crippen LogP contribution is -2.31. The van der Waals surface area contributed by atoms with E-state index in [0.717, 1.165) is 5.56 Å². The normalized spacial score (nSPS) is 14.6. The Morgan fingerprint density at radius 3 is 2.51 bits per heavy atom. The van der Waals surface area contributed by atoms with Crippen molar-refractivity contribution >= 4 is 29.1 Å². The van der Waals surface area contributed by atoms with Gasteiger partial charge in [-0.1, -0.05) is 17.7 Å². The summed E-state index contributed by atoms with van der Waals surface area (Å²) in [6, 6.07) is 8.13. The molecular weight excluding hydrogens is 474 g/mol. The smallest absolute Gasteiger partial charge is 0.255 e. The third-order valence-electron chi connectivity index (χ3n) is 5.56. The number of hydrogen-bond donors (Lipinski definition) is 2. The van der Waals surface area contributed by atoms with E-state index in [0.29, 0.717) is 57.5 Å². The van der Waals surface area contributed by atoms with Crippen LogP contribution in [-0.2, 0) is 4.79 Å². The first-order chi connectivity index (χ1) is 16.9. The molecule has 1 atom stereocenters. The second-order valence-electron chi connectivity index (χ2n) is 7.58. The molecule has 0 aliphatic carbocycles. The SMILES string of the molecule is CCOc1ccc([C@H]2C(C(=O)Nc3cc(OC)c(Cl)cc3OC)=C(C)Nc3ncnn32)cc1OC. The van der Waals surface area contributed by atoms with Gasteiger partial charge in [0.05, 0.1) is 44.2 Å². The van der Waals surface area contributed by atoms with E-state index in [1.54, 1.807) is 23.9 Å². The van der Waals surface area contributed by atoms with Crippen molar-refractivity contribution in [3.63, 3.8) is 0 Å². The zero-order valence-electron chi connectivity index (χ0n) is 20.0. The van der Waals surface area contributed by atoms with Crippen molar-refractivity contribution in [3.05, 3.63) is 58.5 Å². The molecule has 4 rings (SSSR count). The van der Waals surface area contributed by atoms with Crippen molar-refractivity contribution in [1.82, 2.24) is 14.8 Å². The number of methoxy groups -OCH3 is 3. The average Bonchev–Trinajstić information content (AvgIpc) is 3.32. The van der Waals surface area contributed by atoms with Crippen LogP contribution < -0.4 is 29.6 Å². The number of benzene rings is 2. The van der Waals surface area contributed by atoms with Crippen LogP contribution in [0.2, 0.25) is 5.02 Å². The maximum absolute atomic E-state index is 13.7. The summed E-state index contributed by atoms with van der Waals surface area (Å²) in [5.41, 5.74) is 2.24. The second-order valence-corrected chi connectivity index (χ2v) is 7.99. The number of aromatic nitrogens is 3. The van der Waals surface area contributed by atoms with Crippen molar-refractivity contribution in [2.24, 2.45) is 0 Å². The molecule has 0 saturated heterocycles. The molecule has 2 aromatic carbocycles. The zero-order chi connectivity index (χ0) is 25.1. The molecule has 2 heterocycles. The van der Waals surface area contributed by atoms with Crippen molar-refractivity contribution in [1.29, 1.82) is 0 Å². The Balaban J connectivity index is 1.78. The van der Waals surface area contributed by atoms with Crippen molar-refractivity contribution in [3.8, 4) is 23.0 Å². The number of fused-ring (bicyclic) bond motifs is 1. The van der Waals surface area contributed by atoms with Crippen LogP contribution in [0.3, 0.4) is 0 Å². The minimum Gasteiger partial charge on any atom is -0.495 e. The van der Waals surface area contributed by atoms with Gasteiger partial charge in [0.15, 0.2) is 11.5 Å². The summed E-state index contributed by atoms with van der Waals surface area (Å²) in [5.74, 6) is 2.11. The zero-order valence-corrected chi connectivity index (χ0v) is 20.8. The third kappa shape index (κ3) is 4.57. The molecule has 0 unspecified atom stereocenters. The molecule has 184 valence electrons. The fourth-order valence-electron chi connectivity index (χ4n) is 3.97. The molecule has 2 N–H and O–H groups in total. The highest BCUT2D eigenvalue weighted by Gasteiger charge is 2.34. The molecule has 1 aliphatic heterocycles. The molecule has 0 bridgehead atoms. The lowest BCUT2D eigenvalue weighted by atomic mass is 9.94. The van der Waals surface area contributed by atoms with Crippen LogP contribution in [0.1, 0.15) is 25.5 Å². The molecule has 1 amide bonds. The number of nitrogens with zero attached hydrogens (tertiary/aromatic N) is 3. The van der Waals surface area contributed by atoms with Crippen LogP contribution >= 0.6 is 11.6 Å². The number of ether oxygens (including phenoxy) is 4. The predicted octanol–water partition coefficient (Wildman–Crippen LogP) is 4.28. The van der Waals surface area contributed by atoms with Crippen LogP contribution in [-0.4, -0.2) is 48.6 Å². The van der Waals surface area contributed by atoms with Crippen molar-refractivity contribution in [2.75, 3.05) is 38.6 Å². The minimum atomic E-state index is -0.585. The summed E-state index contributed by atoms with van der Waals surface area (Å²) in [7, 11) is 4.57. The fraction of sp³-hybridized carbons (Fsp3) is 0.292. The standard InChI is InChI=1S/C24H26ClN5O5/c1-6-35-17-8-7-14(9-20(17)34-5)22-21(13(2)28-24-26-12-27-30(22)24)23(31)29-16-11-18(32-3)15(25)10-19(16)33-4/h7-12,22H,6H2,1-5H3,(H,29,31)(H,26,27,28)/t22-/m0/s1. The Labute approximate surface area is 207 Å². The van der Waals surface area contributed by atoms with E-state index in [1.165, 1.54) is 20.5 Å².